The minimum atomic E-state index is -0.833. The van der Waals surface area contributed by atoms with Gasteiger partial charge in [0.15, 0.2) is 11.6 Å². The summed E-state index contributed by atoms with van der Waals surface area (Å²) in [6, 6.07) is 10.5. The van der Waals surface area contributed by atoms with E-state index in [0.29, 0.717) is 39.4 Å². The van der Waals surface area contributed by atoms with Crippen molar-refractivity contribution < 1.29 is 14.3 Å². The Balaban J connectivity index is 1.96. The van der Waals surface area contributed by atoms with Gasteiger partial charge in [0.25, 0.3) is 5.56 Å². The number of hydrogen-bond donors (Lipinski definition) is 0. The van der Waals surface area contributed by atoms with Crippen molar-refractivity contribution in [2.24, 2.45) is 0 Å². The fourth-order valence-electron chi connectivity index (χ4n) is 3.69. The number of ether oxygens (including phenoxy) is 1. The van der Waals surface area contributed by atoms with Crippen molar-refractivity contribution in [3.63, 3.8) is 0 Å². The molecule has 0 saturated heterocycles. The van der Waals surface area contributed by atoms with Gasteiger partial charge in [0, 0.05) is 61.2 Å². The van der Waals surface area contributed by atoms with E-state index in [9.17, 15) is 19.6 Å². The molecule has 0 fully saturated rings. The Labute approximate surface area is 212 Å². The zero-order chi connectivity index (χ0) is 25.5. The van der Waals surface area contributed by atoms with Gasteiger partial charge in [-0.25, -0.2) is 0 Å². The third kappa shape index (κ3) is 6.23. The monoisotopic (exact) mass is 511 g/mol. The first-order valence-electron chi connectivity index (χ1n) is 10.9. The minimum absolute atomic E-state index is 0.0145. The van der Waals surface area contributed by atoms with Crippen molar-refractivity contribution in [2.75, 3.05) is 13.7 Å². The van der Waals surface area contributed by atoms with Crippen molar-refractivity contribution >= 4 is 34.8 Å². The fourth-order valence-corrected chi connectivity index (χ4v) is 4.12. The first-order valence-corrected chi connectivity index (χ1v) is 11.7. The lowest BCUT2D eigenvalue weighted by Gasteiger charge is -2.20. The molecule has 2 aromatic heterocycles. The van der Waals surface area contributed by atoms with Crippen molar-refractivity contribution in [2.45, 2.75) is 32.2 Å². The number of methoxy groups -OCH3 is 1. The van der Waals surface area contributed by atoms with Crippen LogP contribution < -0.4 is 5.56 Å². The molecular formula is C26H23Cl2N3O4. The van der Waals surface area contributed by atoms with Crippen LogP contribution in [0, 0.1) is 11.3 Å². The molecule has 1 unspecified atom stereocenters. The first kappa shape index (κ1) is 26.3. The number of pyridine rings is 2. The average molecular weight is 512 g/mol. The SMILES string of the molecule is CCC(=O)c1ccc(CC(=O)C(CCOC)n2cc(Cl)c(-c3cc(Cl)ccc3C#N)cc2=O)cn1. The van der Waals surface area contributed by atoms with E-state index in [0.717, 1.165) is 0 Å². The van der Waals surface area contributed by atoms with Crippen LogP contribution >= 0.6 is 23.2 Å². The van der Waals surface area contributed by atoms with Gasteiger partial charge in [-0.2, -0.15) is 5.26 Å². The van der Waals surface area contributed by atoms with Crippen LogP contribution in [0.2, 0.25) is 10.0 Å². The Bertz CT molecular complexity index is 1340. The van der Waals surface area contributed by atoms with Gasteiger partial charge in [-0.1, -0.05) is 36.2 Å². The van der Waals surface area contributed by atoms with Crippen LogP contribution in [0.5, 0.6) is 0 Å². The quantitative estimate of drug-likeness (QED) is 0.352. The van der Waals surface area contributed by atoms with Crippen LogP contribution in [0.1, 0.15) is 47.4 Å². The highest BCUT2D eigenvalue weighted by atomic mass is 35.5. The molecular weight excluding hydrogens is 489 g/mol. The molecule has 0 bridgehead atoms. The van der Waals surface area contributed by atoms with E-state index >= 15 is 0 Å². The van der Waals surface area contributed by atoms with Crippen LogP contribution in [0.4, 0.5) is 0 Å². The normalized spacial score (nSPS) is 11.6. The maximum absolute atomic E-state index is 13.2. The molecule has 0 amide bonds. The Morgan fingerprint density at radius 2 is 1.94 bits per heavy atom. The number of nitrogens with zero attached hydrogens (tertiary/aromatic N) is 3. The van der Waals surface area contributed by atoms with E-state index in [-0.39, 0.29) is 36.0 Å². The van der Waals surface area contributed by atoms with Gasteiger partial charge in [-0.15, -0.1) is 0 Å². The summed E-state index contributed by atoms with van der Waals surface area (Å²) in [7, 11) is 1.51. The molecule has 3 aromatic rings. The molecule has 0 aliphatic rings. The molecule has 180 valence electrons. The minimum Gasteiger partial charge on any atom is -0.385 e. The number of halogens is 2. The zero-order valence-corrected chi connectivity index (χ0v) is 20.8. The van der Waals surface area contributed by atoms with Gasteiger partial charge in [0.05, 0.1) is 22.7 Å². The van der Waals surface area contributed by atoms with E-state index < -0.39 is 11.6 Å². The Morgan fingerprint density at radius 1 is 1.17 bits per heavy atom. The highest BCUT2D eigenvalue weighted by Crippen LogP contribution is 2.32. The Hall–Kier alpha value is -3.31. The van der Waals surface area contributed by atoms with Gasteiger partial charge in [0.1, 0.15) is 5.69 Å². The Kier molecular flexibility index (Phi) is 8.94. The topological polar surface area (TPSA) is 102 Å². The van der Waals surface area contributed by atoms with Crippen molar-refractivity contribution in [3.8, 4) is 17.2 Å². The summed E-state index contributed by atoms with van der Waals surface area (Å²) < 4.78 is 6.44. The lowest BCUT2D eigenvalue weighted by molar-refractivity contribution is -0.122. The molecule has 35 heavy (non-hydrogen) atoms. The van der Waals surface area contributed by atoms with Gasteiger partial charge >= 0.3 is 0 Å². The number of carbonyl (C=O) groups excluding carboxylic acids is 2. The molecule has 1 atom stereocenters. The summed E-state index contributed by atoms with van der Waals surface area (Å²) in [5.74, 6) is -0.314. The molecule has 0 aliphatic carbocycles. The van der Waals surface area contributed by atoms with Crippen LogP contribution in [-0.4, -0.2) is 34.8 Å². The lowest BCUT2D eigenvalue weighted by Crippen LogP contribution is -2.31. The number of rotatable bonds is 10. The second kappa shape index (κ2) is 11.9. The van der Waals surface area contributed by atoms with E-state index in [1.165, 1.54) is 30.1 Å². The van der Waals surface area contributed by atoms with Gasteiger partial charge in [-0.05, 0) is 36.2 Å². The largest absolute Gasteiger partial charge is 0.385 e. The summed E-state index contributed by atoms with van der Waals surface area (Å²) in [4.78, 5) is 42.3. The number of aromatic nitrogens is 2. The second-order valence-corrected chi connectivity index (χ2v) is 8.69. The third-order valence-corrected chi connectivity index (χ3v) is 6.07. The van der Waals surface area contributed by atoms with Crippen molar-refractivity contribution in [1.82, 2.24) is 9.55 Å². The molecule has 1 aromatic carbocycles. The predicted molar refractivity (Wildman–Crippen MR) is 134 cm³/mol. The number of Topliss-reactive ketones (excluding diaryl/α,β-unsaturated/α-hetero) is 2. The maximum atomic E-state index is 13.2. The first-order chi connectivity index (χ1) is 16.8. The van der Waals surface area contributed by atoms with E-state index in [2.05, 4.69) is 11.1 Å². The fraction of sp³-hybridized carbons (Fsp3) is 0.269. The molecule has 7 nitrogen and oxygen atoms in total. The third-order valence-electron chi connectivity index (χ3n) is 5.54. The van der Waals surface area contributed by atoms with E-state index in [1.807, 2.05) is 0 Å². The van der Waals surface area contributed by atoms with E-state index in [1.54, 1.807) is 37.3 Å². The smallest absolute Gasteiger partial charge is 0.251 e. The number of nitriles is 1. The zero-order valence-electron chi connectivity index (χ0n) is 19.3. The summed E-state index contributed by atoms with van der Waals surface area (Å²) in [6.45, 7) is 2.00. The molecule has 9 heteroatoms. The van der Waals surface area contributed by atoms with Gasteiger partial charge < -0.3 is 9.30 Å². The summed E-state index contributed by atoms with van der Waals surface area (Å²) in [6.07, 6.45) is 3.51. The summed E-state index contributed by atoms with van der Waals surface area (Å²) in [5, 5.41) is 10.0. The van der Waals surface area contributed by atoms with Crippen LogP contribution in [0.3, 0.4) is 0 Å². The number of benzene rings is 1. The number of carbonyl (C=O) groups is 2. The van der Waals surface area contributed by atoms with Gasteiger partial charge in [0.2, 0.25) is 0 Å². The standard InChI is InChI=1S/C26H23Cl2N3O4/c1-3-24(32)22-7-4-16(14-30-22)10-25(33)23(8-9-35-2)31-15-21(28)20(12-26(31)34)19-11-18(27)6-5-17(19)13-29/h4-7,11-12,14-15,23H,3,8-10H2,1-2H3. The summed E-state index contributed by atoms with van der Waals surface area (Å²) in [5.41, 5.74) is 1.61. The number of ketones is 2. The highest BCUT2D eigenvalue weighted by molar-refractivity contribution is 6.33. The maximum Gasteiger partial charge on any atom is 0.251 e. The second-order valence-electron chi connectivity index (χ2n) is 7.85. The Morgan fingerprint density at radius 3 is 2.57 bits per heavy atom. The molecule has 0 N–H and O–H groups in total. The predicted octanol–water partition coefficient (Wildman–Crippen LogP) is 5.07. The van der Waals surface area contributed by atoms with Crippen molar-refractivity contribution in [3.05, 3.63) is 86.0 Å². The molecule has 2 heterocycles. The molecule has 0 aliphatic heterocycles. The molecule has 0 radical (unpaired) electrons. The van der Waals surface area contributed by atoms with Crippen molar-refractivity contribution in [1.29, 1.82) is 5.26 Å². The van der Waals surface area contributed by atoms with Gasteiger partial charge in [-0.3, -0.25) is 19.4 Å². The van der Waals surface area contributed by atoms with Crippen LogP contribution in [0.15, 0.2) is 53.6 Å². The van der Waals surface area contributed by atoms with Crippen LogP contribution in [0.25, 0.3) is 11.1 Å². The molecule has 3 rings (SSSR count). The molecule has 0 spiro atoms. The number of hydrogen-bond acceptors (Lipinski definition) is 6. The average Bonchev–Trinajstić information content (AvgIpc) is 2.86. The van der Waals surface area contributed by atoms with E-state index in [4.69, 9.17) is 27.9 Å². The highest BCUT2D eigenvalue weighted by Gasteiger charge is 2.23. The van der Waals surface area contributed by atoms with Crippen LogP contribution in [-0.2, 0) is 16.0 Å². The summed E-state index contributed by atoms with van der Waals surface area (Å²) >= 11 is 12.6. The lowest BCUT2D eigenvalue weighted by atomic mass is 9.99. The molecule has 0 saturated carbocycles.